The summed E-state index contributed by atoms with van der Waals surface area (Å²) < 4.78 is 5.32. The second-order valence-electron chi connectivity index (χ2n) is 5.01. The monoisotopic (exact) mass is 374 g/mol. The van der Waals surface area contributed by atoms with Crippen molar-refractivity contribution in [3.8, 4) is 0 Å². The molecule has 2 aromatic heterocycles. The molecule has 0 saturated carbocycles. The van der Waals surface area contributed by atoms with Gasteiger partial charge in [0, 0.05) is 28.0 Å². The summed E-state index contributed by atoms with van der Waals surface area (Å²) in [6.45, 7) is 1.90. The highest BCUT2D eigenvalue weighted by atomic mass is 32.2. The maximum absolute atomic E-state index is 11.0. The molecule has 25 heavy (non-hydrogen) atoms. The predicted octanol–water partition coefficient (Wildman–Crippen LogP) is 4.69. The van der Waals surface area contributed by atoms with Gasteiger partial charge >= 0.3 is 0 Å². The minimum absolute atomic E-state index is 0.0221. The number of benzene rings is 1. The topological polar surface area (TPSA) is 93.6 Å². The third-order valence-corrected chi connectivity index (χ3v) is 5.11. The smallest absolute Gasteiger partial charge is 0.270 e. The number of non-ortho nitro benzene ring substituents is 1. The molecular formula is C16H14N4O3S2. The average molecular weight is 374 g/mol. The van der Waals surface area contributed by atoms with Gasteiger partial charge < -0.3 is 4.42 Å². The molecule has 3 rings (SSSR count). The Hall–Kier alpha value is -2.65. The summed E-state index contributed by atoms with van der Waals surface area (Å²) in [7, 11) is 0. The molecule has 0 atom stereocenters. The van der Waals surface area contributed by atoms with Gasteiger partial charge in [-0.05, 0) is 25.1 Å². The number of thioether (sulfide) groups is 1. The number of hydrazone groups is 1. The van der Waals surface area contributed by atoms with E-state index in [9.17, 15) is 10.1 Å². The Morgan fingerprint density at radius 3 is 3.04 bits per heavy atom. The van der Waals surface area contributed by atoms with Crippen LogP contribution in [0.2, 0.25) is 0 Å². The first-order valence-corrected chi connectivity index (χ1v) is 9.13. The summed E-state index contributed by atoms with van der Waals surface area (Å²) in [6.07, 6.45) is 3.18. The van der Waals surface area contributed by atoms with Gasteiger partial charge in [0.05, 0.1) is 28.8 Å². The Balaban J connectivity index is 1.77. The molecule has 0 bridgehead atoms. The van der Waals surface area contributed by atoms with Gasteiger partial charge in [-0.15, -0.1) is 23.1 Å². The number of rotatable bonds is 7. The number of anilines is 1. The van der Waals surface area contributed by atoms with E-state index >= 15 is 0 Å². The molecule has 128 valence electrons. The van der Waals surface area contributed by atoms with Crippen LogP contribution < -0.4 is 5.43 Å². The van der Waals surface area contributed by atoms with Crippen LogP contribution in [-0.2, 0) is 5.75 Å². The maximum Gasteiger partial charge on any atom is 0.270 e. The summed E-state index contributed by atoms with van der Waals surface area (Å²) >= 11 is 2.97. The van der Waals surface area contributed by atoms with Crippen LogP contribution in [0, 0.1) is 17.0 Å². The van der Waals surface area contributed by atoms with Crippen LogP contribution in [0.4, 0.5) is 10.8 Å². The van der Waals surface area contributed by atoms with Crippen molar-refractivity contribution in [1.29, 1.82) is 0 Å². The molecule has 0 aliphatic carbocycles. The maximum atomic E-state index is 11.0. The molecule has 0 fully saturated rings. The second-order valence-corrected chi connectivity index (χ2v) is 6.89. The van der Waals surface area contributed by atoms with Crippen LogP contribution in [0.25, 0.3) is 0 Å². The van der Waals surface area contributed by atoms with E-state index in [2.05, 4.69) is 15.5 Å². The first kappa shape index (κ1) is 17.2. The van der Waals surface area contributed by atoms with Crippen LogP contribution in [0.1, 0.15) is 17.0 Å². The summed E-state index contributed by atoms with van der Waals surface area (Å²) in [4.78, 5) is 15.7. The number of aromatic nitrogens is 1. The molecule has 0 aliphatic heterocycles. The van der Waals surface area contributed by atoms with Crippen molar-refractivity contribution in [2.24, 2.45) is 5.10 Å². The van der Waals surface area contributed by atoms with E-state index in [1.54, 1.807) is 18.5 Å². The zero-order chi connectivity index (χ0) is 17.6. The van der Waals surface area contributed by atoms with Gasteiger partial charge in [-0.2, -0.15) is 5.10 Å². The lowest BCUT2D eigenvalue weighted by Gasteiger charge is -2.05. The molecule has 0 unspecified atom stereocenters. The normalized spacial score (nSPS) is 11.1. The fourth-order valence-electron chi connectivity index (χ4n) is 1.99. The number of nitro groups is 1. The van der Waals surface area contributed by atoms with E-state index in [-0.39, 0.29) is 5.69 Å². The van der Waals surface area contributed by atoms with Crippen molar-refractivity contribution in [1.82, 2.24) is 4.98 Å². The van der Waals surface area contributed by atoms with Gasteiger partial charge in [-0.1, -0.05) is 0 Å². The average Bonchev–Trinajstić information content (AvgIpc) is 3.25. The molecule has 1 N–H and O–H groups in total. The van der Waals surface area contributed by atoms with Gasteiger partial charge in [0.15, 0.2) is 0 Å². The molecule has 2 heterocycles. The minimum atomic E-state index is -0.421. The van der Waals surface area contributed by atoms with Crippen molar-refractivity contribution in [3.63, 3.8) is 0 Å². The number of aryl methyl sites for hydroxylation is 1. The summed E-state index contributed by atoms with van der Waals surface area (Å²) in [5, 5.41) is 17.8. The predicted molar refractivity (Wildman–Crippen MR) is 99.4 cm³/mol. The summed E-state index contributed by atoms with van der Waals surface area (Å²) in [5.41, 5.74) is 4.43. The minimum Gasteiger partial charge on any atom is -0.468 e. The van der Waals surface area contributed by atoms with Gasteiger partial charge in [-0.25, -0.2) is 4.98 Å². The van der Waals surface area contributed by atoms with Crippen LogP contribution in [0.5, 0.6) is 0 Å². The second kappa shape index (κ2) is 7.95. The Labute approximate surface area is 151 Å². The first-order valence-electron chi connectivity index (χ1n) is 7.26. The van der Waals surface area contributed by atoms with Crippen LogP contribution >= 0.6 is 23.1 Å². The van der Waals surface area contributed by atoms with Gasteiger partial charge in [0.25, 0.3) is 5.69 Å². The van der Waals surface area contributed by atoms with Crippen molar-refractivity contribution in [2.45, 2.75) is 17.6 Å². The highest BCUT2D eigenvalue weighted by Gasteiger charge is 2.11. The number of nitrogens with one attached hydrogen (secondary N) is 1. The van der Waals surface area contributed by atoms with Crippen molar-refractivity contribution in [2.75, 3.05) is 5.43 Å². The molecule has 0 spiro atoms. The van der Waals surface area contributed by atoms with E-state index in [0.717, 1.165) is 16.3 Å². The van der Waals surface area contributed by atoms with Crippen LogP contribution in [-0.4, -0.2) is 16.1 Å². The Bertz CT molecular complexity index is 891. The van der Waals surface area contributed by atoms with E-state index in [1.807, 2.05) is 24.4 Å². The number of nitro benzene ring substituents is 1. The summed E-state index contributed by atoms with van der Waals surface area (Å²) in [5.74, 6) is 1.47. The van der Waals surface area contributed by atoms with Crippen molar-refractivity contribution >= 4 is 40.1 Å². The molecule has 0 radical (unpaired) electrons. The number of furan rings is 1. The van der Waals surface area contributed by atoms with Crippen molar-refractivity contribution < 1.29 is 9.34 Å². The first-order chi connectivity index (χ1) is 12.1. The SMILES string of the molecule is Cc1csc(NN=Cc2cc([N+](=O)[O-])ccc2SCc2ccco2)n1. The van der Waals surface area contributed by atoms with Crippen LogP contribution in [0.3, 0.4) is 0 Å². The lowest BCUT2D eigenvalue weighted by molar-refractivity contribution is -0.384. The molecule has 0 saturated heterocycles. The number of hydrogen-bond donors (Lipinski definition) is 1. The van der Waals surface area contributed by atoms with Gasteiger partial charge in [0.1, 0.15) is 5.76 Å². The lowest BCUT2D eigenvalue weighted by atomic mass is 10.2. The Kier molecular flexibility index (Phi) is 5.46. The largest absolute Gasteiger partial charge is 0.468 e. The zero-order valence-corrected chi connectivity index (χ0v) is 14.8. The fraction of sp³-hybridized carbons (Fsp3) is 0.125. The Morgan fingerprint density at radius 1 is 1.48 bits per heavy atom. The van der Waals surface area contributed by atoms with E-state index in [4.69, 9.17) is 4.42 Å². The zero-order valence-electron chi connectivity index (χ0n) is 13.2. The lowest BCUT2D eigenvalue weighted by Crippen LogP contribution is -1.95. The van der Waals surface area contributed by atoms with Gasteiger partial charge in [0.2, 0.25) is 5.13 Å². The number of nitrogens with zero attached hydrogens (tertiary/aromatic N) is 3. The third-order valence-electron chi connectivity index (χ3n) is 3.14. The molecule has 9 heteroatoms. The van der Waals surface area contributed by atoms with Gasteiger partial charge in [-0.3, -0.25) is 15.5 Å². The fourth-order valence-corrected chi connectivity index (χ4v) is 3.53. The quantitative estimate of drug-likeness (QED) is 0.279. The highest BCUT2D eigenvalue weighted by Crippen LogP contribution is 2.28. The third kappa shape index (κ3) is 4.68. The van der Waals surface area contributed by atoms with Crippen molar-refractivity contribution in [3.05, 3.63) is 69.1 Å². The highest BCUT2D eigenvalue weighted by molar-refractivity contribution is 7.98. The number of hydrogen-bond acceptors (Lipinski definition) is 8. The Morgan fingerprint density at radius 2 is 2.36 bits per heavy atom. The van der Waals surface area contributed by atoms with Crippen LogP contribution in [0.15, 0.2) is 56.4 Å². The van der Waals surface area contributed by atoms with E-state index < -0.39 is 4.92 Å². The molecule has 3 aromatic rings. The van der Waals surface area contributed by atoms with E-state index in [0.29, 0.717) is 16.4 Å². The standard InChI is InChI=1S/C16H14N4O3S2/c1-11-9-25-16(18-11)19-17-8-12-7-13(20(21)22)4-5-15(12)24-10-14-3-2-6-23-14/h2-9H,10H2,1H3,(H,18,19). The number of thiazole rings is 1. The molecule has 1 aromatic carbocycles. The van der Waals surface area contributed by atoms with E-state index in [1.165, 1.54) is 35.2 Å². The molecule has 0 amide bonds. The molecular weight excluding hydrogens is 360 g/mol. The molecule has 7 nitrogen and oxygen atoms in total. The molecule has 0 aliphatic rings. The summed E-state index contributed by atoms with van der Waals surface area (Å²) in [6, 6.07) is 8.43.